The summed E-state index contributed by atoms with van der Waals surface area (Å²) in [7, 11) is 0. The maximum atomic E-state index is 4.72. The number of pyridine rings is 1. The average molecular weight is 278 g/mol. The normalized spacial score (nSPS) is 10.8. The molecule has 0 fully saturated rings. The molecule has 3 aromatic rings. The average Bonchev–Trinajstić information content (AvgIpc) is 2.50. The Kier molecular flexibility index (Phi) is 3.52. The Morgan fingerprint density at radius 3 is 2.67 bits per heavy atom. The second-order valence-corrected chi connectivity index (χ2v) is 5.03. The summed E-state index contributed by atoms with van der Waals surface area (Å²) >= 11 is 0. The summed E-state index contributed by atoms with van der Waals surface area (Å²) in [4.78, 5) is 13.8. The highest BCUT2D eigenvalue weighted by molar-refractivity contribution is 5.85. The van der Waals surface area contributed by atoms with Crippen LogP contribution in [0.25, 0.3) is 22.2 Å². The molecule has 0 aliphatic rings. The number of aromatic nitrogens is 3. The van der Waals surface area contributed by atoms with Gasteiger partial charge in [-0.1, -0.05) is 18.2 Å². The van der Waals surface area contributed by atoms with Gasteiger partial charge in [0.05, 0.1) is 16.9 Å². The topological polar surface area (TPSA) is 50.7 Å². The van der Waals surface area contributed by atoms with Gasteiger partial charge in [-0.05, 0) is 32.9 Å². The Morgan fingerprint density at radius 2 is 1.86 bits per heavy atom. The zero-order valence-electron chi connectivity index (χ0n) is 12.5. The van der Waals surface area contributed by atoms with Crippen LogP contribution in [0.5, 0.6) is 0 Å². The first kappa shape index (κ1) is 13.5. The highest BCUT2D eigenvalue weighted by Crippen LogP contribution is 2.27. The molecule has 0 radical (unpaired) electrons. The van der Waals surface area contributed by atoms with Crippen molar-refractivity contribution in [2.24, 2.45) is 0 Å². The van der Waals surface area contributed by atoms with Gasteiger partial charge < -0.3 is 5.32 Å². The Balaban J connectivity index is 2.18. The van der Waals surface area contributed by atoms with Crippen LogP contribution in [0, 0.1) is 13.8 Å². The van der Waals surface area contributed by atoms with Gasteiger partial charge in [0.2, 0.25) is 0 Å². The number of benzene rings is 1. The number of hydrogen-bond donors (Lipinski definition) is 1. The molecule has 2 heterocycles. The zero-order valence-corrected chi connectivity index (χ0v) is 12.5. The number of rotatable bonds is 3. The molecule has 0 aliphatic carbocycles. The molecule has 0 bridgehead atoms. The lowest BCUT2D eigenvalue weighted by Crippen LogP contribution is -2.06. The Bertz CT molecular complexity index is 796. The van der Waals surface area contributed by atoms with Gasteiger partial charge in [-0.15, -0.1) is 0 Å². The number of nitrogens with one attached hydrogen (secondary N) is 1. The van der Waals surface area contributed by atoms with Crippen molar-refractivity contribution in [3.05, 3.63) is 47.9 Å². The van der Waals surface area contributed by atoms with Gasteiger partial charge in [0, 0.05) is 23.7 Å². The molecule has 4 heteroatoms. The summed E-state index contributed by atoms with van der Waals surface area (Å²) < 4.78 is 0. The molecular weight excluding hydrogens is 260 g/mol. The van der Waals surface area contributed by atoms with Crippen LogP contribution in [0.2, 0.25) is 0 Å². The van der Waals surface area contributed by atoms with Crippen LogP contribution in [-0.4, -0.2) is 21.5 Å². The van der Waals surface area contributed by atoms with Gasteiger partial charge in [0.15, 0.2) is 5.82 Å². The molecule has 4 nitrogen and oxygen atoms in total. The van der Waals surface area contributed by atoms with Crippen LogP contribution in [0.1, 0.15) is 18.3 Å². The lowest BCUT2D eigenvalue weighted by atomic mass is 10.1. The van der Waals surface area contributed by atoms with E-state index >= 15 is 0 Å². The van der Waals surface area contributed by atoms with Gasteiger partial charge in [-0.3, -0.25) is 4.98 Å². The third kappa shape index (κ3) is 2.57. The maximum absolute atomic E-state index is 4.72. The number of fused-ring (bicyclic) bond motifs is 1. The molecule has 0 spiro atoms. The lowest BCUT2D eigenvalue weighted by molar-refractivity contribution is 1.03. The fraction of sp³-hybridized carbons (Fsp3) is 0.235. The molecule has 0 saturated heterocycles. The lowest BCUT2D eigenvalue weighted by Gasteiger charge is -2.12. The molecule has 0 amide bonds. The van der Waals surface area contributed by atoms with Crippen molar-refractivity contribution in [3.8, 4) is 11.3 Å². The molecule has 106 valence electrons. The molecular formula is C17H18N4. The quantitative estimate of drug-likeness (QED) is 0.793. The minimum Gasteiger partial charge on any atom is -0.369 e. The van der Waals surface area contributed by atoms with Gasteiger partial charge in [-0.25, -0.2) is 9.97 Å². The van der Waals surface area contributed by atoms with E-state index in [2.05, 4.69) is 46.5 Å². The van der Waals surface area contributed by atoms with E-state index in [-0.39, 0.29) is 0 Å². The second-order valence-electron chi connectivity index (χ2n) is 5.03. The summed E-state index contributed by atoms with van der Waals surface area (Å²) in [5, 5.41) is 4.42. The van der Waals surface area contributed by atoms with Gasteiger partial charge in [0.25, 0.3) is 0 Å². The van der Waals surface area contributed by atoms with E-state index in [4.69, 9.17) is 4.98 Å². The van der Waals surface area contributed by atoms with Crippen molar-refractivity contribution in [1.82, 2.24) is 15.0 Å². The van der Waals surface area contributed by atoms with Crippen LogP contribution in [0.3, 0.4) is 0 Å². The van der Waals surface area contributed by atoms with E-state index in [9.17, 15) is 0 Å². The first-order valence-corrected chi connectivity index (χ1v) is 7.13. The van der Waals surface area contributed by atoms with E-state index in [1.165, 1.54) is 0 Å². The van der Waals surface area contributed by atoms with Gasteiger partial charge in [-0.2, -0.15) is 0 Å². The molecule has 0 atom stereocenters. The van der Waals surface area contributed by atoms with E-state index in [0.29, 0.717) is 0 Å². The summed E-state index contributed by atoms with van der Waals surface area (Å²) in [6.45, 7) is 6.84. The molecule has 21 heavy (non-hydrogen) atoms. The SMILES string of the molecule is CCNc1nc(C)c(C)nc1-c1ccc2cccnc2c1. The third-order valence-electron chi connectivity index (χ3n) is 3.53. The molecule has 0 unspecified atom stereocenters. The third-order valence-corrected chi connectivity index (χ3v) is 3.53. The Labute approximate surface area is 124 Å². The smallest absolute Gasteiger partial charge is 0.152 e. The highest BCUT2D eigenvalue weighted by Gasteiger charge is 2.11. The van der Waals surface area contributed by atoms with Crippen molar-refractivity contribution in [2.75, 3.05) is 11.9 Å². The maximum Gasteiger partial charge on any atom is 0.152 e. The highest BCUT2D eigenvalue weighted by atomic mass is 15.0. The standard InChI is InChI=1S/C17H18N4/c1-4-18-17-16(20-11(2)12(3)21-17)14-8-7-13-6-5-9-19-15(13)10-14/h5-10H,4H2,1-3H3,(H,18,21). The Hall–Kier alpha value is -2.49. The molecule has 0 aliphatic heterocycles. The number of nitrogens with zero attached hydrogens (tertiary/aromatic N) is 3. The summed E-state index contributed by atoms with van der Waals surface area (Å²) in [5.41, 5.74) is 4.79. The zero-order chi connectivity index (χ0) is 14.8. The minimum absolute atomic E-state index is 0.815. The van der Waals surface area contributed by atoms with Crippen LogP contribution >= 0.6 is 0 Å². The van der Waals surface area contributed by atoms with Crippen molar-refractivity contribution >= 4 is 16.7 Å². The number of aryl methyl sites for hydroxylation is 2. The molecule has 1 aromatic carbocycles. The fourth-order valence-corrected chi connectivity index (χ4v) is 2.31. The Morgan fingerprint density at radius 1 is 1.05 bits per heavy atom. The first-order chi connectivity index (χ1) is 10.2. The monoisotopic (exact) mass is 278 g/mol. The largest absolute Gasteiger partial charge is 0.369 e. The first-order valence-electron chi connectivity index (χ1n) is 7.13. The molecule has 3 rings (SSSR count). The van der Waals surface area contributed by atoms with Crippen molar-refractivity contribution in [1.29, 1.82) is 0 Å². The molecule has 2 aromatic heterocycles. The second kappa shape index (κ2) is 5.48. The molecule has 1 N–H and O–H groups in total. The predicted octanol–water partition coefficient (Wildman–Crippen LogP) is 3.74. The van der Waals surface area contributed by atoms with Crippen LogP contribution in [0.15, 0.2) is 36.5 Å². The summed E-state index contributed by atoms with van der Waals surface area (Å²) in [6, 6.07) is 10.2. The van der Waals surface area contributed by atoms with Crippen LogP contribution < -0.4 is 5.32 Å². The van der Waals surface area contributed by atoms with Crippen molar-refractivity contribution < 1.29 is 0 Å². The fourth-order valence-electron chi connectivity index (χ4n) is 2.31. The predicted molar refractivity (Wildman–Crippen MR) is 86.4 cm³/mol. The number of hydrogen-bond acceptors (Lipinski definition) is 4. The number of anilines is 1. The van der Waals surface area contributed by atoms with Crippen molar-refractivity contribution in [3.63, 3.8) is 0 Å². The summed E-state index contributed by atoms with van der Waals surface area (Å²) in [6.07, 6.45) is 1.81. The van der Waals surface area contributed by atoms with Crippen LogP contribution in [0.4, 0.5) is 5.82 Å². The van der Waals surface area contributed by atoms with Gasteiger partial charge in [0.1, 0.15) is 5.69 Å². The molecule has 0 saturated carbocycles. The summed E-state index contributed by atoms with van der Waals surface area (Å²) in [5.74, 6) is 0.830. The van der Waals surface area contributed by atoms with Crippen molar-refractivity contribution in [2.45, 2.75) is 20.8 Å². The van der Waals surface area contributed by atoms with E-state index in [1.807, 2.05) is 26.1 Å². The van der Waals surface area contributed by atoms with E-state index in [1.54, 1.807) is 0 Å². The minimum atomic E-state index is 0.815. The van der Waals surface area contributed by atoms with Crippen LogP contribution in [-0.2, 0) is 0 Å². The van der Waals surface area contributed by atoms with E-state index < -0.39 is 0 Å². The van der Waals surface area contributed by atoms with E-state index in [0.717, 1.165) is 45.9 Å². The van der Waals surface area contributed by atoms with Gasteiger partial charge >= 0.3 is 0 Å².